The van der Waals surface area contributed by atoms with Crippen LogP contribution in [-0.2, 0) is 16.0 Å². The second-order valence-electron chi connectivity index (χ2n) is 8.96. The van der Waals surface area contributed by atoms with E-state index in [4.69, 9.17) is 9.90 Å². The summed E-state index contributed by atoms with van der Waals surface area (Å²) in [5, 5.41) is 10.2. The number of hydrogen-bond acceptors (Lipinski definition) is 4. The van der Waals surface area contributed by atoms with Crippen molar-refractivity contribution >= 4 is 29.3 Å². The predicted molar refractivity (Wildman–Crippen MR) is 129 cm³/mol. The number of halogens is 4. The quantitative estimate of drug-likeness (QED) is 0.593. The number of piperazine rings is 1. The molecule has 200 valence electrons. The molecule has 2 saturated heterocycles. The van der Waals surface area contributed by atoms with Gasteiger partial charge in [0.2, 0.25) is 5.91 Å². The Bertz CT molecular complexity index is 1160. The highest BCUT2D eigenvalue weighted by atomic mass is 19.4. The number of para-hydroxylation sites is 1. The summed E-state index contributed by atoms with van der Waals surface area (Å²) in [5.41, 5.74) is 2.14. The summed E-state index contributed by atoms with van der Waals surface area (Å²) in [4.78, 5) is 40.0. The van der Waals surface area contributed by atoms with Gasteiger partial charge >= 0.3 is 18.2 Å². The maximum Gasteiger partial charge on any atom is 0.490 e. The van der Waals surface area contributed by atoms with E-state index in [2.05, 4.69) is 12.2 Å². The first kappa shape index (κ1) is 27.9. The lowest BCUT2D eigenvalue weighted by Gasteiger charge is -2.46. The van der Waals surface area contributed by atoms with Gasteiger partial charge in [0.25, 0.3) is 0 Å². The molecule has 1 spiro atoms. The molecule has 2 aliphatic heterocycles. The van der Waals surface area contributed by atoms with Gasteiger partial charge in [0.1, 0.15) is 5.82 Å². The summed E-state index contributed by atoms with van der Waals surface area (Å²) in [6.07, 6.45) is -3.49. The summed E-state index contributed by atoms with van der Waals surface area (Å²) >= 11 is 0. The van der Waals surface area contributed by atoms with Crippen molar-refractivity contribution in [1.82, 2.24) is 9.80 Å². The van der Waals surface area contributed by atoms with Gasteiger partial charge < -0.3 is 20.2 Å². The van der Waals surface area contributed by atoms with Crippen LogP contribution in [0.3, 0.4) is 0 Å². The molecule has 2 heterocycles. The van der Waals surface area contributed by atoms with E-state index >= 15 is 0 Å². The zero-order valence-electron chi connectivity index (χ0n) is 20.4. The molecule has 12 heteroatoms. The van der Waals surface area contributed by atoms with Crippen LogP contribution in [0.15, 0.2) is 48.5 Å². The number of alkyl halides is 3. The van der Waals surface area contributed by atoms with Crippen LogP contribution >= 0.6 is 0 Å². The number of amides is 3. The minimum absolute atomic E-state index is 0.0616. The van der Waals surface area contributed by atoms with Crippen LogP contribution in [0.2, 0.25) is 0 Å². The van der Waals surface area contributed by atoms with Crippen LogP contribution in [-0.4, -0.2) is 77.8 Å². The molecule has 4 rings (SSSR count). The highest BCUT2D eigenvalue weighted by Gasteiger charge is 2.48. The summed E-state index contributed by atoms with van der Waals surface area (Å²) in [5.74, 6) is -3.18. The number of likely N-dealkylation sites (N-methyl/N-ethyl adjacent to an activating group) is 1. The molecule has 2 fully saturated rings. The molecule has 2 aromatic rings. The SMILES string of the molecule is CCc1ccccc1NC(=O)N1CCC2(C1)CN(c1cccc(F)c1)C(=O)CN2C.O=C(O)C(F)(F)F. The Kier molecular flexibility index (Phi) is 8.42. The number of carboxylic acid groups (broad SMARTS) is 1. The Labute approximate surface area is 211 Å². The van der Waals surface area contributed by atoms with Gasteiger partial charge in [-0.1, -0.05) is 31.2 Å². The van der Waals surface area contributed by atoms with Crippen LogP contribution in [0, 0.1) is 5.82 Å². The van der Waals surface area contributed by atoms with Crippen LogP contribution in [0.4, 0.5) is 33.7 Å². The van der Waals surface area contributed by atoms with Crippen molar-refractivity contribution in [1.29, 1.82) is 0 Å². The minimum Gasteiger partial charge on any atom is -0.475 e. The van der Waals surface area contributed by atoms with E-state index in [0.29, 0.717) is 25.3 Å². The first-order valence-electron chi connectivity index (χ1n) is 11.6. The Morgan fingerprint density at radius 1 is 1.11 bits per heavy atom. The van der Waals surface area contributed by atoms with Gasteiger partial charge in [0, 0.05) is 31.0 Å². The number of nitrogens with zero attached hydrogens (tertiary/aromatic N) is 3. The monoisotopic (exact) mass is 524 g/mol. The Morgan fingerprint density at radius 3 is 2.41 bits per heavy atom. The van der Waals surface area contributed by atoms with Crippen LogP contribution in [0.25, 0.3) is 0 Å². The normalized spacial score (nSPS) is 20.0. The molecular formula is C25H28F4N4O4. The third kappa shape index (κ3) is 6.56. The molecule has 37 heavy (non-hydrogen) atoms. The number of carboxylic acids is 1. The predicted octanol–water partition coefficient (Wildman–Crippen LogP) is 3.98. The summed E-state index contributed by atoms with van der Waals surface area (Å²) in [6.45, 7) is 3.86. The first-order chi connectivity index (χ1) is 17.4. The lowest BCUT2D eigenvalue weighted by molar-refractivity contribution is -0.192. The topological polar surface area (TPSA) is 93.2 Å². The van der Waals surface area contributed by atoms with Gasteiger partial charge in [0.15, 0.2) is 0 Å². The summed E-state index contributed by atoms with van der Waals surface area (Å²) < 4.78 is 45.5. The molecule has 1 atom stereocenters. The fourth-order valence-corrected chi connectivity index (χ4v) is 4.45. The molecule has 2 N–H and O–H groups in total. The number of hydrogen-bond donors (Lipinski definition) is 2. The van der Waals surface area contributed by atoms with Crippen molar-refractivity contribution < 1.29 is 37.1 Å². The van der Waals surface area contributed by atoms with E-state index < -0.39 is 12.1 Å². The van der Waals surface area contributed by atoms with Crippen molar-refractivity contribution in [2.45, 2.75) is 31.5 Å². The molecule has 0 radical (unpaired) electrons. The lowest BCUT2D eigenvalue weighted by Crippen LogP contribution is -2.64. The number of rotatable bonds is 3. The smallest absolute Gasteiger partial charge is 0.475 e. The fourth-order valence-electron chi connectivity index (χ4n) is 4.45. The number of carbonyl (C=O) groups excluding carboxylic acids is 2. The number of nitrogens with one attached hydrogen (secondary N) is 1. The molecule has 2 aliphatic rings. The number of benzene rings is 2. The van der Waals surface area contributed by atoms with E-state index in [1.807, 2.05) is 41.1 Å². The highest BCUT2D eigenvalue weighted by molar-refractivity contribution is 5.96. The number of carbonyl (C=O) groups is 3. The maximum atomic E-state index is 13.7. The van der Waals surface area contributed by atoms with E-state index in [-0.39, 0.29) is 29.8 Å². The maximum absolute atomic E-state index is 13.7. The van der Waals surface area contributed by atoms with Crippen LogP contribution < -0.4 is 10.2 Å². The Hall–Kier alpha value is -3.67. The molecule has 0 aromatic heterocycles. The molecule has 8 nitrogen and oxygen atoms in total. The number of urea groups is 1. The third-order valence-corrected chi connectivity index (χ3v) is 6.56. The number of aliphatic carboxylic acids is 1. The van der Waals surface area contributed by atoms with Gasteiger partial charge in [-0.25, -0.2) is 14.0 Å². The van der Waals surface area contributed by atoms with Gasteiger partial charge in [0.05, 0.1) is 12.1 Å². The van der Waals surface area contributed by atoms with Crippen molar-refractivity contribution in [2.24, 2.45) is 0 Å². The van der Waals surface area contributed by atoms with E-state index in [9.17, 15) is 27.2 Å². The van der Waals surface area contributed by atoms with Crippen molar-refractivity contribution in [3.63, 3.8) is 0 Å². The van der Waals surface area contributed by atoms with E-state index in [1.165, 1.54) is 12.1 Å². The van der Waals surface area contributed by atoms with Gasteiger partial charge in [-0.2, -0.15) is 13.2 Å². The number of anilines is 2. The number of aryl methyl sites for hydroxylation is 1. The van der Waals surface area contributed by atoms with E-state index in [1.54, 1.807) is 17.0 Å². The number of likely N-dealkylation sites (tertiary alicyclic amines) is 1. The average molecular weight is 525 g/mol. The van der Waals surface area contributed by atoms with Gasteiger partial charge in [-0.05, 0) is 49.7 Å². The molecule has 1 unspecified atom stereocenters. The molecule has 0 aliphatic carbocycles. The Morgan fingerprint density at radius 2 is 1.78 bits per heavy atom. The second kappa shape index (κ2) is 11.2. The summed E-state index contributed by atoms with van der Waals surface area (Å²) in [6, 6.07) is 13.8. The highest BCUT2D eigenvalue weighted by Crippen LogP contribution is 2.34. The standard InChI is InChI=1S/C23H27FN4O2.C2HF3O2/c1-3-17-7-4-5-10-20(17)25-22(30)27-12-11-23(15-27)16-28(21(29)14-26(23)2)19-9-6-8-18(24)13-19;3-2(4,5)1(6)7/h4-10,13H,3,11-12,14-16H2,1-2H3,(H,25,30);(H,6,7). The lowest BCUT2D eigenvalue weighted by atomic mass is 9.92. The Balaban J connectivity index is 0.000000479. The molecule has 3 amide bonds. The van der Waals surface area contributed by atoms with Crippen LogP contribution in [0.5, 0.6) is 0 Å². The van der Waals surface area contributed by atoms with Crippen LogP contribution in [0.1, 0.15) is 18.9 Å². The van der Waals surface area contributed by atoms with Gasteiger partial charge in [-0.3, -0.25) is 9.69 Å². The van der Waals surface area contributed by atoms with E-state index in [0.717, 1.165) is 24.1 Å². The van der Waals surface area contributed by atoms with Gasteiger partial charge in [-0.15, -0.1) is 0 Å². The molecular weight excluding hydrogens is 496 g/mol. The average Bonchev–Trinajstić information content (AvgIpc) is 3.27. The second-order valence-corrected chi connectivity index (χ2v) is 8.96. The molecule has 2 aromatic carbocycles. The zero-order chi connectivity index (χ0) is 27.4. The minimum atomic E-state index is -5.08. The first-order valence-corrected chi connectivity index (χ1v) is 11.6. The largest absolute Gasteiger partial charge is 0.490 e. The fraction of sp³-hybridized carbons (Fsp3) is 0.400. The zero-order valence-corrected chi connectivity index (χ0v) is 20.4. The van der Waals surface area contributed by atoms with Crippen molar-refractivity contribution in [3.8, 4) is 0 Å². The van der Waals surface area contributed by atoms with Crippen molar-refractivity contribution in [3.05, 3.63) is 59.9 Å². The summed E-state index contributed by atoms with van der Waals surface area (Å²) in [7, 11) is 1.93. The third-order valence-electron chi connectivity index (χ3n) is 6.56. The van der Waals surface area contributed by atoms with Crippen molar-refractivity contribution in [2.75, 3.05) is 43.4 Å². The molecule has 0 saturated carbocycles. The molecule has 0 bridgehead atoms.